The third kappa shape index (κ3) is 3.67. The molecule has 1 atom stereocenters. The van der Waals surface area contributed by atoms with Crippen LogP contribution >= 0.6 is 12.4 Å². The fourth-order valence-corrected chi connectivity index (χ4v) is 1.00. The van der Waals surface area contributed by atoms with Crippen LogP contribution < -0.4 is 15.8 Å². The van der Waals surface area contributed by atoms with Crippen LogP contribution in [0.15, 0.2) is 18.2 Å². The lowest BCUT2D eigenvalue weighted by atomic mass is 10.2. The summed E-state index contributed by atoms with van der Waals surface area (Å²) in [5, 5.41) is 2.47. The van der Waals surface area contributed by atoms with Crippen LogP contribution in [0.4, 0.5) is 10.1 Å². The van der Waals surface area contributed by atoms with E-state index in [4.69, 9.17) is 10.5 Å². The number of methoxy groups -OCH3 is 1. The SMILES string of the molecule is COc1ccc(NC(=O)C(C)N)cc1F.Cl. The van der Waals surface area contributed by atoms with Crippen LogP contribution in [0, 0.1) is 5.82 Å². The first kappa shape index (κ1) is 14.7. The highest BCUT2D eigenvalue weighted by Crippen LogP contribution is 2.20. The molecular weight excluding hydrogens is 235 g/mol. The molecule has 0 radical (unpaired) electrons. The standard InChI is InChI=1S/C10H13FN2O2.ClH/c1-6(12)10(14)13-7-3-4-9(15-2)8(11)5-7;/h3-6H,12H2,1-2H3,(H,13,14);1H. The quantitative estimate of drug-likeness (QED) is 0.853. The van der Waals surface area contributed by atoms with Gasteiger partial charge in [-0.05, 0) is 19.1 Å². The van der Waals surface area contributed by atoms with Gasteiger partial charge in [0.05, 0.1) is 13.2 Å². The smallest absolute Gasteiger partial charge is 0.241 e. The minimum atomic E-state index is -0.629. The van der Waals surface area contributed by atoms with E-state index in [0.717, 1.165) is 0 Å². The number of ether oxygens (including phenoxy) is 1. The zero-order chi connectivity index (χ0) is 11.4. The number of benzene rings is 1. The van der Waals surface area contributed by atoms with E-state index in [9.17, 15) is 9.18 Å². The van der Waals surface area contributed by atoms with Gasteiger partial charge < -0.3 is 15.8 Å². The Hall–Kier alpha value is -1.33. The molecule has 1 aromatic rings. The van der Waals surface area contributed by atoms with Gasteiger partial charge in [0.1, 0.15) is 0 Å². The topological polar surface area (TPSA) is 64.3 Å². The highest BCUT2D eigenvalue weighted by atomic mass is 35.5. The summed E-state index contributed by atoms with van der Waals surface area (Å²) in [4.78, 5) is 11.2. The second-order valence-electron chi connectivity index (χ2n) is 3.13. The molecule has 0 saturated carbocycles. The number of nitrogens with one attached hydrogen (secondary N) is 1. The lowest BCUT2D eigenvalue weighted by molar-refractivity contribution is -0.117. The summed E-state index contributed by atoms with van der Waals surface area (Å²) >= 11 is 0. The van der Waals surface area contributed by atoms with Crippen LogP contribution in [-0.4, -0.2) is 19.1 Å². The first-order valence-electron chi connectivity index (χ1n) is 4.44. The maximum absolute atomic E-state index is 13.2. The summed E-state index contributed by atoms with van der Waals surface area (Å²) in [5.41, 5.74) is 5.70. The van der Waals surface area contributed by atoms with Crippen LogP contribution in [0.25, 0.3) is 0 Å². The van der Waals surface area contributed by atoms with Gasteiger partial charge in [0, 0.05) is 11.8 Å². The highest BCUT2D eigenvalue weighted by molar-refractivity contribution is 5.94. The summed E-state index contributed by atoms with van der Waals surface area (Å²) in [5.74, 6) is -0.756. The third-order valence-corrected chi connectivity index (χ3v) is 1.83. The van der Waals surface area contributed by atoms with E-state index >= 15 is 0 Å². The van der Waals surface area contributed by atoms with E-state index in [2.05, 4.69) is 5.32 Å². The molecule has 3 N–H and O–H groups in total. The molecule has 0 saturated heterocycles. The number of nitrogens with two attached hydrogens (primary N) is 1. The molecule has 1 rings (SSSR count). The number of amides is 1. The van der Waals surface area contributed by atoms with Gasteiger partial charge in [0.15, 0.2) is 11.6 Å². The maximum Gasteiger partial charge on any atom is 0.241 e. The Bertz CT molecular complexity index is 372. The van der Waals surface area contributed by atoms with Crippen LogP contribution in [0.2, 0.25) is 0 Å². The van der Waals surface area contributed by atoms with Crippen molar-refractivity contribution in [1.29, 1.82) is 0 Å². The molecule has 0 aliphatic heterocycles. The molecule has 0 fully saturated rings. The Morgan fingerprint density at radius 2 is 2.19 bits per heavy atom. The number of anilines is 1. The van der Waals surface area contributed by atoms with Crippen molar-refractivity contribution in [3.8, 4) is 5.75 Å². The van der Waals surface area contributed by atoms with Crippen molar-refractivity contribution in [2.75, 3.05) is 12.4 Å². The lowest BCUT2D eigenvalue weighted by Gasteiger charge is -2.08. The van der Waals surface area contributed by atoms with Crippen molar-refractivity contribution in [3.05, 3.63) is 24.0 Å². The molecule has 0 spiro atoms. The number of rotatable bonds is 3. The second-order valence-corrected chi connectivity index (χ2v) is 3.13. The van der Waals surface area contributed by atoms with Gasteiger partial charge in [-0.2, -0.15) is 0 Å². The first-order chi connectivity index (χ1) is 7.04. The largest absolute Gasteiger partial charge is 0.494 e. The molecule has 0 heterocycles. The average molecular weight is 249 g/mol. The summed E-state index contributed by atoms with van der Waals surface area (Å²) in [6, 6.07) is 3.53. The van der Waals surface area contributed by atoms with Crippen molar-refractivity contribution in [3.63, 3.8) is 0 Å². The Kier molecular flexibility index (Phi) is 5.77. The van der Waals surface area contributed by atoms with E-state index in [1.165, 1.54) is 19.2 Å². The van der Waals surface area contributed by atoms with E-state index in [-0.39, 0.29) is 24.1 Å². The van der Waals surface area contributed by atoms with Gasteiger partial charge >= 0.3 is 0 Å². The van der Waals surface area contributed by atoms with Crippen LogP contribution in [0.1, 0.15) is 6.92 Å². The van der Waals surface area contributed by atoms with Crippen molar-refractivity contribution < 1.29 is 13.9 Å². The number of carbonyl (C=O) groups is 1. The number of halogens is 2. The normalized spacial score (nSPS) is 11.2. The molecule has 1 aromatic carbocycles. The number of hydrogen-bond acceptors (Lipinski definition) is 3. The minimum Gasteiger partial charge on any atom is -0.494 e. The number of carbonyl (C=O) groups excluding carboxylic acids is 1. The predicted molar refractivity (Wildman–Crippen MR) is 62.5 cm³/mol. The fraction of sp³-hybridized carbons (Fsp3) is 0.300. The van der Waals surface area contributed by atoms with Crippen LogP contribution in [0.3, 0.4) is 0 Å². The van der Waals surface area contributed by atoms with E-state index in [1.54, 1.807) is 13.0 Å². The Morgan fingerprint density at radius 1 is 1.56 bits per heavy atom. The molecule has 0 aliphatic rings. The average Bonchev–Trinajstić information content (AvgIpc) is 2.18. The molecule has 4 nitrogen and oxygen atoms in total. The Labute approximate surface area is 99.4 Å². The van der Waals surface area contributed by atoms with Gasteiger partial charge in [-0.1, -0.05) is 0 Å². The molecular formula is C10H14ClFN2O2. The summed E-state index contributed by atoms with van der Waals surface area (Å²) in [6.45, 7) is 1.55. The zero-order valence-electron chi connectivity index (χ0n) is 8.99. The van der Waals surface area contributed by atoms with Gasteiger partial charge in [-0.3, -0.25) is 4.79 Å². The minimum absolute atomic E-state index is 0. The Morgan fingerprint density at radius 3 is 2.62 bits per heavy atom. The van der Waals surface area contributed by atoms with E-state index < -0.39 is 11.9 Å². The molecule has 6 heteroatoms. The van der Waals surface area contributed by atoms with Gasteiger partial charge in [0.25, 0.3) is 0 Å². The lowest BCUT2D eigenvalue weighted by Crippen LogP contribution is -2.32. The van der Waals surface area contributed by atoms with Gasteiger partial charge in [-0.25, -0.2) is 4.39 Å². The van der Waals surface area contributed by atoms with Crippen molar-refractivity contribution in [2.24, 2.45) is 5.73 Å². The summed E-state index contributed by atoms with van der Waals surface area (Å²) in [6.07, 6.45) is 0. The molecule has 0 aliphatic carbocycles. The first-order valence-corrected chi connectivity index (χ1v) is 4.44. The van der Waals surface area contributed by atoms with Gasteiger partial charge in [0.2, 0.25) is 5.91 Å². The monoisotopic (exact) mass is 248 g/mol. The van der Waals surface area contributed by atoms with Crippen LogP contribution in [-0.2, 0) is 4.79 Å². The summed E-state index contributed by atoms with van der Waals surface area (Å²) in [7, 11) is 1.37. The van der Waals surface area contributed by atoms with Gasteiger partial charge in [-0.15, -0.1) is 12.4 Å². The predicted octanol–water partition coefficient (Wildman–Crippen LogP) is 1.54. The second kappa shape index (κ2) is 6.30. The van der Waals surface area contributed by atoms with E-state index in [0.29, 0.717) is 5.69 Å². The van der Waals surface area contributed by atoms with Crippen LogP contribution in [0.5, 0.6) is 5.75 Å². The van der Waals surface area contributed by atoms with Crippen molar-refractivity contribution >= 4 is 24.0 Å². The molecule has 1 amide bonds. The summed E-state index contributed by atoms with van der Waals surface area (Å²) < 4.78 is 17.9. The molecule has 90 valence electrons. The molecule has 1 unspecified atom stereocenters. The zero-order valence-corrected chi connectivity index (χ0v) is 9.81. The maximum atomic E-state index is 13.2. The Balaban J connectivity index is 0.00000225. The van der Waals surface area contributed by atoms with E-state index in [1.807, 2.05) is 0 Å². The molecule has 0 aromatic heterocycles. The molecule has 0 bridgehead atoms. The highest BCUT2D eigenvalue weighted by Gasteiger charge is 2.09. The molecule has 16 heavy (non-hydrogen) atoms. The fourth-order valence-electron chi connectivity index (χ4n) is 1.00. The van der Waals surface area contributed by atoms with Crippen molar-refractivity contribution in [2.45, 2.75) is 13.0 Å². The third-order valence-electron chi connectivity index (χ3n) is 1.83. The van der Waals surface area contributed by atoms with Crippen molar-refractivity contribution in [1.82, 2.24) is 0 Å². The number of hydrogen-bond donors (Lipinski definition) is 2.